The molecule has 0 aromatic heterocycles. The van der Waals surface area contributed by atoms with Crippen LogP contribution in [0.1, 0.15) is 34.7 Å². The van der Waals surface area contributed by atoms with Crippen molar-refractivity contribution in [3.63, 3.8) is 0 Å². The molecule has 0 fully saturated rings. The molecule has 0 amide bonds. The quantitative estimate of drug-likeness (QED) is 0.893. The number of hydrogen-bond donors (Lipinski definition) is 1. The van der Waals surface area contributed by atoms with Crippen LogP contribution in [-0.2, 0) is 12.8 Å². The van der Waals surface area contributed by atoms with Crippen molar-refractivity contribution in [1.82, 2.24) is 5.32 Å². The molecule has 3 heteroatoms. The molecule has 1 atom stereocenters. The van der Waals surface area contributed by atoms with Gasteiger partial charge in [-0.25, -0.2) is 8.78 Å². The van der Waals surface area contributed by atoms with E-state index in [1.807, 2.05) is 19.1 Å². The normalized spacial score (nSPS) is 17.0. The van der Waals surface area contributed by atoms with Gasteiger partial charge < -0.3 is 5.32 Å². The molecule has 110 valence electrons. The number of benzene rings is 2. The van der Waals surface area contributed by atoms with Crippen LogP contribution in [0.4, 0.5) is 8.78 Å². The molecule has 2 aromatic rings. The van der Waals surface area contributed by atoms with E-state index >= 15 is 0 Å². The topological polar surface area (TPSA) is 12.0 Å². The predicted molar refractivity (Wildman–Crippen MR) is 80.3 cm³/mol. The van der Waals surface area contributed by atoms with Gasteiger partial charge in [-0.1, -0.05) is 18.2 Å². The molecule has 0 heterocycles. The Labute approximate surface area is 124 Å². The molecule has 0 radical (unpaired) electrons. The molecule has 1 N–H and O–H groups in total. The molecule has 0 aliphatic heterocycles. The molecule has 1 unspecified atom stereocenters. The van der Waals surface area contributed by atoms with Crippen LogP contribution >= 0.6 is 0 Å². The van der Waals surface area contributed by atoms with Gasteiger partial charge in [0.05, 0.1) is 0 Å². The summed E-state index contributed by atoms with van der Waals surface area (Å²) in [5, 5.41) is 3.49. The third-order valence-corrected chi connectivity index (χ3v) is 4.30. The Morgan fingerprint density at radius 3 is 2.86 bits per heavy atom. The van der Waals surface area contributed by atoms with E-state index in [9.17, 15) is 8.78 Å². The van der Waals surface area contributed by atoms with Crippen molar-refractivity contribution in [2.75, 3.05) is 6.54 Å². The van der Waals surface area contributed by atoms with E-state index in [0.29, 0.717) is 0 Å². The minimum Gasteiger partial charge on any atom is -0.310 e. The number of rotatable bonds is 4. The molecule has 21 heavy (non-hydrogen) atoms. The molecule has 0 spiro atoms. The Kier molecular flexibility index (Phi) is 4.02. The van der Waals surface area contributed by atoms with Crippen molar-refractivity contribution in [1.29, 1.82) is 0 Å². The molecule has 1 nitrogen and oxygen atoms in total. The standard InChI is InChI=1S/C18H19F2N/c1-12-11-14(19)6-5-13(12)9-10-21-18-8-7-15-16(18)3-2-4-17(15)20/h2-6,11,18,21H,7-10H2,1H3. The smallest absolute Gasteiger partial charge is 0.126 e. The number of nitrogens with one attached hydrogen (secondary N) is 1. The third-order valence-electron chi connectivity index (χ3n) is 4.30. The van der Waals surface area contributed by atoms with E-state index in [-0.39, 0.29) is 17.7 Å². The van der Waals surface area contributed by atoms with Gasteiger partial charge in [-0.2, -0.15) is 0 Å². The summed E-state index contributed by atoms with van der Waals surface area (Å²) in [6.45, 7) is 2.74. The summed E-state index contributed by atoms with van der Waals surface area (Å²) in [5.41, 5.74) is 4.08. The molecular formula is C18H19F2N. The molecule has 0 saturated heterocycles. The highest BCUT2D eigenvalue weighted by Gasteiger charge is 2.23. The number of fused-ring (bicyclic) bond motifs is 1. The maximum atomic E-state index is 13.7. The molecule has 2 aromatic carbocycles. The summed E-state index contributed by atoms with van der Waals surface area (Å²) < 4.78 is 26.7. The lowest BCUT2D eigenvalue weighted by atomic mass is 10.0. The third kappa shape index (κ3) is 2.98. The van der Waals surface area contributed by atoms with Crippen molar-refractivity contribution in [3.8, 4) is 0 Å². The Morgan fingerprint density at radius 1 is 1.19 bits per heavy atom. The molecule has 3 rings (SSSR count). The summed E-state index contributed by atoms with van der Waals surface area (Å²) in [5.74, 6) is -0.282. The van der Waals surface area contributed by atoms with Gasteiger partial charge in [0.15, 0.2) is 0 Å². The van der Waals surface area contributed by atoms with Crippen molar-refractivity contribution < 1.29 is 8.78 Å². The summed E-state index contributed by atoms with van der Waals surface area (Å²) in [6.07, 6.45) is 2.60. The Hall–Kier alpha value is -1.74. The minimum absolute atomic E-state index is 0.0915. The van der Waals surface area contributed by atoms with Gasteiger partial charge in [-0.3, -0.25) is 0 Å². The fraction of sp³-hybridized carbons (Fsp3) is 0.333. The number of halogens is 2. The fourth-order valence-electron chi connectivity index (χ4n) is 3.14. The van der Waals surface area contributed by atoms with Gasteiger partial charge >= 0.3 is 0 Å². The van der Waals surface area contributed by atoms with Crippen LogP contribution in [0.2, 0.25) is 0 Å². The average molecular weight is 287 g/mol. The zero-order valence-electron chi connectivity index (χ0n) is 12.1. The highest BCUT2D eigenvalue weighted by Crippen LogP contribution is 2.32. The van der Waals surface area contributed by atoms with Gasteiger partial charge in [0.1, 0.15) is 11.6 Å². The molecule has 1 aliphatic rings. The Morgan fingerprint density at radius 2 is 2.05 bits per heavy atom. The highest BCUT2D eigenvalue weighted by molar-refractivity contribution is 5.35. The minimum atomic E-state index is -0.190. The first-order chi connectivity index (χ1) is 10.1. The van der Waals surface area contributed by atoms with E-state index in [1.165, 1.54) is 12.1 Å². The first kappa shape index (κ1) is 14.2. The van der Waals surface area contributed by atoms with E-state index in [1.54, 1.807) is 12.1 Å². The second kappa shape index (κ2) is 5.94. The van der Waals surface area contributed by atoms with Gasteiger partial charge in [-0.05, 0) is 73.2 Å². The van der Waals surface area contributed by atoms with Crippen LogP contribution in [-0.4, -0.2) is 6.54 Å². The number of hydrogen-bond acceptors (Lipinski definition) is 1. The molecular weight excluding hydrogens is 268 g/mol. The first-order valence-corrected chi connectivity index (χ1v) is 7.41. The van der Waals surface area contributed by atoms with Crippen molar-refractivity contribution in [2.24, 2.45) is 0 Å². The van der Waals surface area contributed by atoms with E-state index in [4.69, 9.17) is 0 Å². The largest absolute Gasteiger partial charge is 0.310 e. The van der Waals surface area contributed by atoms with Crippen LogP contribution < -0.4 is 5.32 Å². The van der Waals surface area contributed by atoms with Crippen molar-refractivity contribution in [3.05, 3.63) is 70.3 Å². The van der Waals surface area contributed by atoms with E-state index in [0.717, 1.165) is 48.1 Å². The Bertz CT molecular complexity index is 652. The lowest BCUT2D eigenvalue weighted by molar-refractivity contribution is 0.533. The van der Waals surface area contributed by atoms with Gasteiger partial charge in [0.2, 0.25) is 0 Å². The summed E-state index contributed by atoms with van der Waals surface area (Å²) in [7, 11) is 0. The average Bonchev–Trinajstić information content (AvgIpc) is 2.86. The maximum absolute atomic E-state index is 13.7. The van der Waals surface area contributed by atoms with Crippen LogP contribution in [0.25, 0.3) is 0 Å². The van der Waals surface area contributed by atoms with Crippen molar-refractivity contribution >= 4 is 0 Å². The zero-order chi connectivity index (χ0) is 14.8. The lowest BCUT2D eigenvalue weighted by Crippen LogP contribution is -2.22. The van der Waals surface area contributed by atoms with Crippen LogP contribution in [0, 0.1) is 18.6 Å². The summed E-state index contributed by atoms with van der Waals surface area (Å²) >= 11 is 0. The Balaban J connectivity index is 1.61. The maximum Gasteiger partial charge on any atom is 0.126 e. The summed E-state index contributed by atoms with van der Waals surface area (Å²) in [6, 6.07) is 10.5. The fourth-order valence-corrected chi connectivity index (χ4v) is 3.14. The monoisotopic (exact) mass is 287 g/mol. The first-order valence-electron chi connectivity index (χ1n) is 7.41. The van der Waals surface area contributed by atoms with Crippen molar-refractivity contribution in [2.45, 2.75) is 32.2 Å². The van der Waals surface area contributed by atoms with Gasteiger partial charge in [0.25, 0.3) is 0 Å². The predicted octanol–water partition coefficient (Wildman–Crippen LogP) is 4.09. The molecule has 1 aliphatic carbocycles. The second-order valence-corrected chi connectivity index (χ2v) is 5.67. The van der Waals surface area contributed by atoms with Gasteiger partial charge in [0, 0.05) is 6.04 Å². The van der Waals surface area contributed by atoms with Crippen LogP contribution in [0.3, 0.4) is 0 Å². The van der Waals surface area contributed by atoms with Crippen LogP contribution in [0.15, 0.2) is 36.4 Å². The second-order valence-electron chi connectivity index (χ2n) is 5.67. The van der Waals surface area contributed by atoms with Gasteiger partial charge in [-0.15, -0.1) is 0 Å². The highest BCUT2D eigenvalue weighted by atomic mass is 19.1. The number of aryl methyl sites for hydroxylation is 1. The van der Waals surface area contributed by atoms with E-state index < -0.39 is 0 Å². The molecule has 0 saturated carbocycles. The lowest BCUT2D eigenvalue weighted by Gasteiger charge is -2.15. The SMILES string of the molecule is Cc1cc(F)ccc1CCNC1CCc2c(F)cccc21. The van der Waals surface area contributed by atoms with E-state index in [2.05, 4.69) is 5.32 Å². The summed E-state index contributed by atoms with van der Waals surface area (Å²) in [4.78, 5) is 0. The zero-order valence-corrected chi connectivity index (χ0v) is 12.1. The molecule has 0 bridgehead atoms. The van der Waals surface area contributed by atoms with Crippen LogP contribution in [0.5, 0.6) is 0 Å².